The molecule has 0 spiro atoms. The van der Waals surface area contributed by atoms with Crippen LogP contribution in [0.5, 0.6) is 0 Å². The summed E-state index contributed by atoms with van der Waals surface area (Å²) < 4.78 is 0. The minimum atomic E-state index is 0.0522. The van der Waals surface area contributed by atoms with Crippen molar-refractivity contribution in [3.05, 3.63) is 0 Å². The summed E-state index contributed by atoms with van der Waals surface area (Å²) in [5.41, 5.74) is 6.15. The number of carbonyl (C=O) groups excluding carboxylic acids is 1. The fourth-order valence-corrected chi connectivity index (χ4v) is 3.57. The lowest BCUT2D eigenvalue weighted by Gasteiger charge is -2.26. The summed E-state index contributed by atoms with van der Waals surface area (Å²) in [6, 6.07) is 0.402. The molecule has 0 radical (unpaired) electrons. The van der Waals surface area contributed by atoms with Crippen molar-refractivity contribution in [3.8, 4) is 0 Å². The van der Waals surface area contributed by atoms with E-state index >= 15 is 0 Å². The van der Waals surface area contributed by atoms with Gasteiger partial charge in [0.2, 0.25) is 5.91 Å². The molecule has 2 saturated carbocycles. The van der Waals surface area contributed by atoms with Gasteiger partial charge in [-0.05, 0) is 38.5 Å². The van der Waals surface area contributed by atoms with Crippen molar-refractivity contribution in [2.45, 2.75) is 76.8 Å². The zero-order valence-electron chi connectivity index (χ0n) is 11.7. The summed E-state index contributed by atoms with van der Waals surface area (Å²) in [5.74, 6) is 0.955. The predicted octanol–water partition coefficient (Wildman–Crippen LogP) is 2.59. The van der Waals surface area contributed by atoms with Crippen LogP contribution in [-0.4, -0.2) is 18.0 Å². The minimum absolute atomic E-state index is 0.0522. The molecule has 0 aromatic carbocycles. The van der Waals surface area contributed by atoms with E-state index in [1.165, 1.54) is 38.5 Å². The van der Waals surface area contributed by atoms with Gasteiger partial charge in [-0.15, -0.1) is 0 Å². The van der Waals surface area contributed by atoms with Crippen LogP contribution < -0.4 is 11.1 Å². The molecular weight excluding hydrogens is 224 g/mol. The highest BCUT2D eigenvalue weighted by Crippen LogP contribution is 2.28. The lowest BCUT2D eigenvalue weighted by atomic mass is 9.93. The number of rotatable bonds is 3. The third kappa shape index (κ3) is 3.47. The van der Waals surface area contributed by atoms with Gasteiger partial charge in [0.25, 0.3) is 0 Å². The summed E-state index contributed by atoms with van der Waals surface area (Å²) in [6.45, 7) is 2.16. The van der Waals surface area contributed by atoms with Crippen molar-refractivity contribution in [2.75, 3.05) is 0 Å². The second kappa shape index (κ2) is 6.55. The summed E-state index contributed by atoms with van der Waals surface area (Å²) in [4.78, 5) is 12.3. The van der Waals surface area contributed by atoms with E-state index in [-0.39, 0.29) is 17.9 Å². The average molecular weight is 252 g/mol. The highest BCUT2D eigenvalue weighted by molar-refractivity contribution is 5.79. The molecule has 3 unspecified atom stereocenters. The molecule has 104 valence electrons. The van der Waals surface area contributed by atoms with Gasteiger partial charge in [-0.3, -0.25) is 4.79 Å². The molecule has 3 nitrogen and oxygen atoms in total. The van der Waals surface area contributed by atoms with Gasteiger partial charge in [-0.1, -0.05) is 32.1 Å². The standard InChI is InChI=1S/C15H28N2O/c1-11(12-7-5-6-8-12)17-15(18)13-9-3-2-4-10-14(13)16/h11-14H,2-10,16H2,1H3,(H,17,18). The molecule has 2 rings (SSSR count). The molecule has 2 aliphatic carbocycles. The van der Waals surface area contributed by atoms with Gasteiger partial charge in [-0.2, -0.15) is 0 Å². The Kier molecular flexibility index (Phi) is 5.04. The van der Waals surface area contributed by atoms with Crippen molar-refractivity contribution in [1.29, 1.82) is 0 Å². The summed E-state index contributed by atoms with van der Waals surface area (Å²) in [6.07, 6.45) is 10.8. The van der Waals surface area contributed by atoms with Gasteiger partial charge in [0, 0.05) is 12.1 Å². The second-order valence-electron chi connectivity index (χ2n) is 6.25. The fraction of sp³-hybridized carbons (Fsp3) is 0.933. The van der Waals surface area contributed by atoms with Gasteiger partial charge in [-0.25, -0.2) is 0 Å². The highest BCUT2D eigenvalue weighted by Gasteiger charge is 2.30. The van der Waals surface area contributed by atoms with E-state index in [1.807, 2.05) is 0 Å². The van der Waals surface area contributed by atoms with Crippen LogP contribution >= 0.6 is 0 Å². The molecule has 2 fully saturated rings. The molecule has 0 heterocycles. The third-order valence-electron chi connectivity index (χ3n) is 4.88. The first kappa shape index (κ1) is 13.9. The van der Waals surface area contributed by atoms with E-state index < -0.39 is 0 Å². The molecule has 0 bridgehead atoms. The summed E-state index contributed by atoms with van der Waals surface area (Å²) in [5, 5.41) is 3.23. The van der Waals surface area contributed by atoms with Crippen molar-refractivity contribution in [2.24, 2.45) is 17.6 Å². The van der Waals surface area contributed by atoms with Crippen LogP contribution in [0, 0.1) is 11.8 Å². The van der Waals surface area contributed by atoms with Crippen molar-refractivity contribution in [1.82, 2.24) is 5.32 Å². The maximum Gasteiger partial charge on any atom is 0.224 e. The van der Waals surface area contributed by atoms with Crippen LogP contribution in [0.1, 0.15) is 64.7 Å². The van der Waals surface area contributed by atoms with E-state index in [1.54, 1.807) is 0 Å². The number of amides is 1. The minimum Gasteiger partial charge on any atom is -0.353 e. The monoisotopic (exact) mass is 252 g/mol. The van der Waals surface area contributed by atoms with Gasteiger partial charge in [0.15, 0.2) is 0 Å². The first-order valence-electron chi connectivity index (χ1n) is 7.74. The van der Waals surface area contributed by atoms with Crippen LogP contribution in [-0.2, 0) is 4.79 Å². The molecule has 3 heteroatoms. The Morgan fingerprint density at radius 1 is 1.06 bits per heavy atom. The van der Waals surface area contributed by atoms with Gasteiger partial charge in [0.05, 0.1) is 5.92 Å². The second-order valence-corrected chi connectivity index (χ2v) is 6.25. The van der Waals surface area contributed by atoms with Gasteiger partial charge in [0.1, 0.15) is 0 Å². The van der Waals surface area contributed by atoms with Crippen LogP contribution in [0.15, 0.2) is 0 Å². The molecule has 0 aliphatic heterocycles. The van der Waals surface area contributed by atoms with Crippen LogP contribution in [0.25, 0.3) is 0 Å². The SMILES string of the molecule is CC(NC(=O)C1CCCCCC1N)C1CCCC1. The quantitative estimate of drug-likeness (QED) is 0.759. The van der Waals surface area contributed by atoms with Crippen molar-refractivity contribution in [3.63, 3.8) is 0 Å². The first-order chi connectivity index (χ1) is 8.68. The Bertz CT molecular complexity index is 274. The zero-order chi connectivity index (χ0) is 13.0. The Morgan fingerprint density at radius 3 is 2.39 bits per heavy atom. The van der Waals surface area contributed by atoms with E-state index in [9.17, 15) is 4.79 Å². The molecule has 0 saturated heterocycles. The molecule has 0 aromatic rings. The van der Waals surface area contributed by atoms with Crippen LogP contribution in [0.4, 0.5) is 0 Å². The normalized spacial score (nSPS) is 31.9. The number of carbonyl (C=O) groups is 1. The maximum absolute atomic E-state index is 12.3. The fourth-order valence-electron chi connectivity index (χ4n) is 3.57. The van der Waals surface area contributed by atoms with Crippen LogP contribution in [0.2, 0.25) is 0 Å². The summed E-state index contributed by atoms with van der Waals surface area (Å²) in [7, 11) is 0. The first-order valence-corrected chi connectivity index (χ1v) is 7.74. The van der Waals surface area contributed by atoms with E-state index in [0.717, 1.165) is 19.3 Å². The third-order valence-corrected chi connectivity index (χ3v) is 4.88. The average Bonchev–Trinajstić information content (AvgIpc) is 2.79. The Morgan fingerprint density at radius 2 is 1.67 bits per heavy atom. The number of hydrogen-bond donors (Lipinski definition) is 2. The number of hydrogen-bond acceptors (Lipinski definition) is 2. The van der Waals surface area contributed by atoms with Crippen molar-refractivity contribution < 1.29 is 4.79 Å². The lowest BCUT2D eigenvalue weighted by Crippen LogP contribution is -2.46. The number of nitrogens with two attached hydrogens (primary N) is 1. The Balaban J connectivity index is 1.85. The smallest absolute Gasteiger partial charge is 0.224 e. The Labute approximate surface area is 111 Å². The topological polar surface area (TPSA) is 55.1 Å². The summed E-state index contributed by atoms with van der Waals surface area (Å²) >= 11 is 0. The molecule has 2 aliphatic rings. The van der Waals surface area contributed by atoms with Crippen LogP contribution in [0.3, 0.4) is 0 Å². The molecule has 3 atom stereocenters. The lowest BCUT2D eigenvalue weighted by molar-refractivity contribution is -0.126. The Hall–Kier alpha value is -0.570. The molecule has 1 amide bonds. The van der Waals surface area contributed by atoms with E-state index in [2.05, 4.69) is 12.2 Å². The largest absolute Gasteiger partial charge is 0.353 e. The molecule has 0 aromatic heterocycles. The maximum atomic E-state index is 12.3. The zero-order valence-corrected chi connectivity index (χ0v) is 11.7. The highest BCUT2D eigenvalue weighted by atomic mass is 16.2. The number of nitrogens with one attached hydrogen (secondary N) is 1. The van der Waals surface area contributed by atoms with Gasteiger partial charge < -0.3 is 11.1 Å². The molecule has 3 N–H and O–H groups in total. The van der Waals surface area contributed by atoms with Gasteiger partial charge >= 0.3 is 0 Å². The van der Waals surface area contributed by atoms with E-state index in [4.69, 9.17) is 5.73 Å². The predicted molar refractivity (Wildman–Crippen MR) is 74.1 cm³/mol. The molecular formula is C15H28N2O. The van der Waals surface area contributed by atoms with E-state index in [0.29, 0.717) is 12.0 Å². The molecule has 18 heavy (non-hydrogen) atoms. The van der Waals surface area contributed by atoms with Crippen molar-refractivity contribution >= 4 is 5.91 Å².